The Hall–Kier alpha value is -0.910. The van der Waals surface area contributed by atoms with Crippen molar-refractivity contribution >= 4 is 17.4 Å². The lowest BCUT2D eigenvalue weighted by Crippen LogP contribution is -2.13. The molecule has 1 atom stereocenters. The topological polar surface area (TPSA) is 67.3 Å². The van der Waals surface area contributed by atoms with Gasteiger partial charge in [0, 0.05) is 19.2 Å². The van der Waals surface area contributed by atoms with Gasteiger partial charge in [0.15, 0.2) is 5.82 Å². The first-order chi connectivity index (χ1) is 8.65. The maximum Gasteiger partial charge on any atom is 0.158 e. The highest BCUT2D eigenvalue weighted by Gasteiger charge is 2.04. The molecule has 1 unspecified atom stereocenters. The number of hydrogen-bond acceptors (Lipinski definition) is 5. The van der Waals surface area contributed by atoms with Gasteiger partial charge in [-0.05, 0) is 19.8 Å². The molecule has 2 N–H and O–H groups in total. The van der Waals surface area contributed by atoms with Crippen molar-refractivity contribution in [2.75, 3.05) is 18.5 Å². The summed E-state index contributed by atoms with van der Waals surface area (Å²) in [6, 6.07) is 1.66. The standard InChI is InChI=1S/C12H20ClN3O2/c1-3-9(17)5-6-14-11-7-10(13)15-12(16-11)8-18-4-2/h7,9,17H,3-6,8H2,1-2H3,(H,14,15,16). The van der Waals surface area contributed by atoms with E-state index in [9.17, 15) is 5.11 Å². The minimum atomic E-state index is -0.280. The maximum atomic E-state index is 9.44. The van der Waals surface area contributed by atoms with Gasteiger partial charge in [-0.3, -0.25) is 0 Å². The summed E-state index contributed by atoms with van der Waals surface area (Å²) in [5, 5.41) is 12.9. The summed E-state index contributed by atoms with van der Waals surface area (Å²) in [6.45, 7) is 5.48. The van der Waals surface area contributed by atoms with Crippen LogP contribution in [0, 0.1) is 0 Å². The quantitative estimate of drug-likeness (QED) is 0.711. The summed E-state index contributed by atoms with van der Waals surface area (Å²) >= 11 is 5.90. The molecule has 0 saturated carbocycles. The van der Waals surface area contributed by atoms with E-state index in [4.69, 9.17) is 16.3 Å². The lowest BCUT2D eigenvalue weighted by atomic mass is 10.2. The molecule has 6 heteroatoms. The average Bonchev–Trinajstić information content (AvgIpc) is 2.35. The molecule has 1 aromatic heterocycles. The lowest BCUT2D eigenvalue weighted by molar-refractivity contribution is 0.128. The van der Waals surface area contributed by atoms with Crippen LogP contribution in [0.4, 0.5) is 5.82 Å². The molecular formula is C12H20ClN3O2. The second kappa shape index (κ2) is 8.24. The molecule has 0 amide bonds. The van der Waals surface area contributed by atoms with Gasteiger partial charge >= 0.3 is 0 Å². The number of nitrogens with one attached hydrogen (secondary N) is 1. The summed E-state index contributed by atoms with van der Waals surface area (Å²) in [5.74, 6) is 1.22. The molecule has 102 valence electrons. The monoisotopic (exact) mass is 273 g/mol. The van der Waals surface area contributed by atoms with E-state index < -0.39 is 0 Å². The molecule has 1 heterocycles. The van der Waals surface area contributed by atoms with Gasteiger partial charge in [-0.2, -0.15) is 0 Å². The number of aliphatic hydroxyl groups excluding tert-OH is 1. The molecule has 0 aliphatic heterocycles. The molecule has 0 aromatic carbocycles. The highest BCUT2D eigenvalue weighted by molar-refractivity contribution is 6.29. The smallest absolute Gasteiger partial charge is 0.158 e. The third kappa shape index (κ3) is 5.62. The number of anilines is 1. The average molecular weight is 274 g/mol. The van der Waals surface area contributed by atoms with Crippen LogP contribution in [0.2, 0.25) is 5.15 Å². The van der Waals surface area contributed by atoms with Gasteiger partial charge in [0.2, 0.25) is 0 Å². The molecule has 5 nitrogen and oxygen atoms in total. The fourth-order valence-electron chi connectivity index (χ4n) is 1.38. The molecule has 0 bridgehead atoms. The number of rotatable bonds is 8. The maximum absolute atomic E-state index is 9.44. The van der Waals surface area contributed by atoms with Crippen LogP contribution in [-0.2, 0) is 11.3 Å². The summed E-state index contributed by atoms with van der Waals surface area (Å²) in [7, 11) is 0. The van der Waals surface area contributed by atoms with E-state index in [1.807, 2.05) is 13.8 Å². The second-order valence-electron chi connectivity index (χ2n) is 3.91. The minimum absolute atomic E-state index is 0.280. The third-order valence-corrected chi connectivity index (χ3v) is 2.63. The van der Waals surface area contributed by atoms with Crippen LogP contribution in [0.3, 0.4) is 0 Å². The Morgan fingerprint density at radius 2 is 2.22 bits per heavy atom. The van der Waals surface area contributed by atoms with E-state index in [1.165, 1.54) is 0 Å². The first-order valence-electron chi connectivity index (χ1n) is 6.18. The molecular weight excluding hydrogens is 254 g/mol. The number of aliphatic hydroxyl groups is 1. The van der Waals surface area contributed by atoms with Gasteiger partial charge in [0.05, 0.1) is 6.10 Å². The van der Waals surface area contributed by atoms with Gasteiger partial charge in [0.25, 0.3) is 0 Å². The fraction of sp³-hybridized carbons (Fsp3) is 0.667. The normalized spacial score (nSPS) is 12.4. The highest BCUT2D eigenvalue weighted by Crippen LogP contribution is 2.12. The van der Waals surface area contributed by atoms with Gasteiger partial charge < -0.3 is 15.2 Å². The largest absolute Gasteiger partial charge is 0.393 e. The number of nitrogens with zero attached hydrogens (tertiary/aromatic N) is 2. The Morgan fingerprint density at radius 1 is 1.44 bits per heavy atom. The molecule has 18 heavy (non-hydrogen) atoms. The Kier molecular flexibility index (Phi) is 6.93. The fourth-order valence-corrected chi connectivity index (χ4v) is 1.59. The zero-order chi connectivity index (χ0) is 13.4. The van der Waals surface area contributed by atoms with Crippen molar-refractivity contribution in [2.24, 2.45) is 0 Å². The molecule has 0 radical (unpaired) electrons. The zero-order valence-corrected chi connectivity index (χ0v) is 11.6. The van der Waals surface area contributed by atoms with E-state index in [2.05, 4.69) is 15.3 Å². The zero-order valence-electron chi connectivity index (χ0n) is 10.8. The summed E-state index contributed by atoms with van der Waals surface area (Å²) in [5.41, 5.74) is 0. The SMILES string of the molecule is CCOCc1nc(Cl)cc(NCCC(O)CC)n1. The van der Waals surface area contributed by atoms with Gasteiger partial charge in [-0.1, -0.05) is 18.5 Å². The Morgan fingerprint density at radius 3 is 2.89 bits per heavy atom. The lowest BCUT2D eigenvalue weighted by Gasteiger charge is -2.10. The predicted octanol–water partition coefficient (Wildman–Crippen LogP) is 2.24. The van der Waals surface area contributed by atoms with Crippen molar-refractivity contribution in [3.8, 4) is 0 Å². The molecule has 0 fully saturated rings. The predicted molar refractivity (Wildman–Crippen MR) is 71.8 cm³/mol. The van der Waals surface area contributed by atoms with E-state index in [0.29, 0.717) is 43.0 Å². The van der Waals surface area contributed by atoms with E-state index in [-0.39, 0.29) is 6.10 Å². The first kappa shape index (κ1) is 15.1. The van der Waals surface area contributed by atoms with Crippen LogP contribution in [0.25, 0.3) is 0 Å². The van der Waals surface area contributed by atoms with Crippen molar-refractivity contribution in [2.45, 2.75) is 39.4 Å². The van der Waals surface area contributed by atoms with Crippen molar-refractivity contribution < 1.29 is 9.84 Å². The van der Waals surface area contributed by atoms with Crippen molar-refractivity contribution in [1.82, 2.24) is 9.97 Å². The van der Waals surface area contributed by atoms with Crippen LogP contribution in [0.15, 0.2) is 6.07 Å². The number of hydrogen-bond donors (Lipinski definition) is 2. The molecule has 1 rings (SSSR count). The van der Waals surface area contributed by atoms with Crippen molar-refractivity contribution in [3.63, 3.8) is 0 Å². The number of ether oxygens (including phenoxy) is 1. The van der Waals surface area contributed by atoms with Crippen LogP contribution in [0.5, 0.6) is 0 Å². The van der Waals surface area contributed by atoms with Crippen molar-refractivity contribution in [1.29, 1.82) is 0 Å². The van der Waals surface area contributed by atoms with Crippen LogP contribution in [-0.4, -0.2) is 34.3 Å². The molecule has 0 aliphatic rings. The van der Waals surface area contributed by atoms with Crippen LogP contribution < -0.4 is 5.32 Å². The molecule has 0 aliphatic carbocycles. The number of aromatic nitrogens is 2. The molecule has 0 saturated heterocycles. The third-order valence-electron chi connectivity index (χ3n) is 2.43. The van der Waals surface area contributed by atoms with Crippen LogP contribution in [0.1, 0.15) is 32.5 Å². The van der Waals surface area contributed by atoms with Crippen molar-refractivity contribution in [3.05, 3.63) is 17.0 Å². The summed E-state index contributed by atoms with van der Waals surface area (Å²) < 4.78 is 5.24. The Bertz CT molecular complexity index is 363. The molecule has 1 aromatic rings. The second-order valence-corrected chi connectivity index (χ2v) is 4.29. The highest BCUT2D eigenvalue weighted by atomic mass is 35.5. The number of halogens is 1. The van der Waals surface area contributed by atoms with E-state index in [1.54, 1.807) is 6.07 Å². The van der Waals surface area contributed by atoms with Gasteiger partial charge in [-0.25, -0.2) is 9.97 Å². The van der Waals surface area contributed by atoms with Gasteiger partial charge in [0.1, 0.15) is 17.6 Å². The molecule has 0 spiro atoms. The van der Waals surface area contributed by atoms with E-state index in [0.717, 1.165) is 6.42 Å². The first-order valence-corrected chi connectivity index (χ1v) is 6.56. The minimum Gasteiger partial charge on any atom is -0.393 e. The summed E-state index contributed by atoms with van der Waals surface area (Å²) in [4.78, 5) is 8.35. The Balaban J connectivity index is 2.51. The van der Waals surface area contributed by atoms with E-state index >= 15 is 0 Å². The Labute approximate surface area is 113 Å². The van der Waals surface area contributed by atoms with Crippen LogP contribution >= 0.6 is 11.6 Å². The van der Waals surface area contributed by atoms with Gasteiger partial charge in [-0.15, -0.1) is 0 Å². The summed E-state index contributed by atoms with van der Waals surface area (Å²) in [6.07, 6.45) is 1.15.